The number of benzene rings is 1. The molecular weight excluding hydrogens is 260 g/mol. The molecular formula is C15H20O5. The number of methoxy groups -OCH3 is 2. The number of hydrogen-bond donors (Lipinski definition) is 1. The predicted molar refractivity (Wildman–Crippen MR) is 75.8 cm³/mol. The Morgan fingerprint density at radius 2 is 2.05 bits per heavy atom. The van der Waals surface area contributed by atoms with Crippen LogP contribution in [0.5, 0.6) is 11.5 Å². The summed E-state index contributed by atoms with van der Waals surface area (Å²) in [6, 6.07) is 5.38. The van der Waals surface area contributed by atoms with E-state index in [-0.39, 0.29) is 6.61 Å². The average Bonchev–Trinajstić information content (AvgIpc) is 2.45. The number of esters is 1. The largest absolute Gasteiger partial charge is 0.493 e. The third-order valence-corrected chi connectivity index (χ3v) is 2.68. The van der Waals surface area contributed by atoms with Gasteiger partial charge in [0.1, 0.15) is 6.61 Å². The highest BCUT2D eigenvalue weighted by molar-refractivity contribution is 5.78. The zero-order valence-electron chi connectivity index (χ0n) is 12.2. The van der Waals surface area contributed by atoms with Crippen LogP contribution in [0.15, 0.2) is 24.3 Å². The summed E-state index contributed by atoms with van der Waals surface area (Å²) in [4.78, 5) is 11.4. The van der Waals surface area contributed by atoms with Gasteiger partial charge in [-0.25, -0.2) is 4.79 Å². The molecule has 0 saturated carbocycles. The van der Waals surface area contributed by atoms with Gasteiger partial charge in [0, 0.05) is 0 Å². The van der Waals surface area contributed by atoms with E-state index in [4.69, 9.17) is 9.47 Å². The van der Waals surface area contributed by atoms with Crippen molar-refractivity contribution in [3.05, 3.63) is 29.8 Å². The summed E-state index contributed by atoms with van der Waals surface area (Å²) in [6.45, 7) is 3.03. The first-order valence-corrected chi connectivity index (χ1v) is 6.19. The number of aliphatic hydroxyl groups is 1. The van der Waals surface area contributed by atoms with Crippen LogP contribution in [0.3, 0.4) is 0 Å². The van der Waals surface area contributed by atoms with Gasteiger partial charge in [-0.3, -0.25) is 0 Å². The molecule has 0 saturated heterocycles. The van der Waals surface area contributed by atoms with Gasteiger partial charge in [-0.15, -0.1) is 0 Å². The van der Waals surface area contributed by atoms with Gasteiger partial charge in [-0.05, 0) is 31.5 Å². The van der Waals surface area contributed by atoms with Crippen molar-refractivity contribution >= 4 is 12.0 Å². The average molecular weight is 280 g/mol. The Balaban J connectivity index is 2.85. The number of hydrogen-bond acceptors (Lipinski definition) is 5. The van der Waals surface area contributed by atoms with E-state index in [9.17, 15) is 9.90 Å². The summed E-state index contributed by atoms with van der Waals surface area (Å²) in [6.07, 6.45) is 3.84. The van der Waals surface area contributed by atoms with Crippen LogP contribution in [-0.4, -0.2) is 37.5 Å². The Kier molecular flexibility index (Phi) is 5.58. The Bertz CT molecular complexity index is 491. The molecule has 0 amide bonds. The highest BCUT2D eigenvalue weighted by Crippen LogP contribution is 2.29. The summed E-state index contributed by atoms with van der Waals surface area (Å²) in [5.41, 5.74) is -0.738. The molecule has 1 rings (SSSR count). The fourth-order valence-corrected chi connectivity index (χ4v) is 1.60. The molecule has 0 spiro atoms. The Labute approximate surface area is 118 Å². The maximum absolute atomic E-state index is 11.4. The zero-order valence-corrected chi connectivity index (χ0v) is 12.2. The monoisotopic (exact) mass is 280 g/mol. The molecule has 1 aromatic carbocycles. The van der Waals surface area contributed by atoms with Crippen LogP contribution in [-0.2, 0) is 9.53 Å². The smallest absolute Gasteiger partial charge is 0.341 e. The van der Waals surface area contributed by atoms with Crippen LogP contribution in [0.25, 0.3) is 6.08 Å². The minimum Gasteiger partial charge on any atom is -0.493 e. The van der Waals surface area contributed by atoms with Crippen molar-refractivity contribution in [2.24, 2.45) is 0 Å². The van der Waals surface area contributed by atoms with Crippen LogP contribution in [0.2, 0.25) is 0 Å². The lowest BCUT2D eigenvalue weighted by Gasteiger charge is -2.21. The molecule has 0 heterocycles. The second-order valence-corrected chi connectivity index (χ2v) is 4.46. The van der Waals surface area contributed by atoms with Crippen molar-refractivity contribution in [1.29, 1.82) is 0 Å². The number of allylic oxidation sites excluding steroid dienone is 1. The standard InChI is InChI=1S/C15H20O5/c1-5-6-11-7-8-12(13(9-11)18-3)20-10-15(2,17)14(16)19-4/h5-9,17H,10H2,1-4H3. The SMILES string of the molecule is CC=Cc1ccc(OCC(C)(O)C(=O)OC)c(OC)c1. The summed E-state index contributed by atoms with van der Waals surface area (Å²) >= 11 is 0. The van der Waals surface area contributed by atoms with Crippen molar-refractivity contribution in [3.63, 3.8) is 0 Å². The lowest BCUT2D eigenvalue weighted by molar-refractivity contribution is -0.163. The lowest BCUT2D eigenvalue weighted by Crippen LogP contribution is -2.42. The highest BCUT2D eigenvalue weighted by atomic mass is 16.6. The summed E-state index contributed by atoms with van der Waals surface area (Å²) in [5.74, 6) is 0.230. The van der Waals surface area contributed by atoms with E-state index < -0.39 is 11.6 Å². The fraction of sp³-hybridized carbons (Fsp3) is 0.400. The quantitative estimate of drug-likeness (QED) is 0.808. The first-order chi connectivity index (χ1) is 9.44. The molecule has 0 radical (unpaired) electrons. The van der Waals surface area contributed by atoms with Crippen LogP contribution in [0, 0.1) is 0 Å². The van der Waals surface area contributed by atoms with Crippen molar-refractivity contribution in [1.82, 2.24) is 0 Å². The molecule has 110 valence electrons. The molecule has 0 aliphatic rings. The molecule has 0 aromatic heterocycles. The minimum absolute atomic E-state index is 0.223. The van der Waals surface area contributed by atoms with Gasteiger partial charge in [0.2, 0.25) is 0 Å². The lowest BCUT2D eigenvalue weighted by atomic mass is 10.1. The molecule has 1 aromatic rings. The third-order valence-electron chi connectivity index (χ3n) is 2.68. The molecule has 1 atom stereocenters. The van der Waals surface area contributed by atoms with Gasteiger partial charge in [0.25, 0.3) is 0 Å². The van der Waals surface area contributed by atoms with Crippen molar-refractivity contribution < 1.29 is 24.1 Å². The van der Waals surface area contributed by atoms with Crippen molar-refractivity contribution in [2.45, 2.75) is 19.4 Å². The molecule has 5 nitrogen and oxygen atoms in total. The van der Waals surface area contributed by atoms with Crippen LogP contribution < -0.4 is 9.47 Å². The van der Waals surface area contributed by atoms with E-state index in [0.29, 0.717) is 11.5 Å². The van der Waals surface area contributed by atoms with Gasteiger partial charge in [-0.2, -0.15) is 0 Å². The molecule has 20 heavy (non-hydrogen) atoms. The number of carbonyl (C=O) groups is 1. The van der Waals surface area contributed by atoms with E-state index >= 15 is 0 Å². The highest BCUT2D eigenvalue weighted by Gasteiger charge is 2.32. The molecule has 0 bridgehead atoms. The van der Waals surface area contributed by atoms with Gasteiger partial charge < -0.3 is 19.3 Å². The van der Waals surface area contributed by atoms with Gasteiger partial charge in [-0.1, -0.05) is 18.2 Å². The van der Waals surface area contributed by atoms with Gasteiger partial charge >= 0.3 is 5.97 Å². The fourth-order valence-electron chi connectivity index (χ4n) is 1.60. The maximum atomic E-state index is 11.4. The number of ether oxygens (including phenoxy) is 3. The summed E-state index contributed by atoms with van der Waals surface area (Å²) < 4.78 is 15.2. The molecule has 0 aliphatic carbocycles. The van der Waals surface area contributed by atoms with Crippen molar-refractivity contribution in [2.75, 3.05) is 20.8 Å². The van der Waals surface area contributed by atoms with Crippen LogP contribution in [0.1, 0.15) is 19.4 Å². The summed E-state index contributed by atoms with van der Waals surface area (Å²) in [5, 5.41) is 9.90. The Morgan fingerprint density at radius 3 is 2.60 bits per heavy atom. The second-order valence-electron chi connectivity index (χ2n) is 4.46. The molecule has 0 aliphatic heterocycles. The molecule has 1 N–H and O–H groups in total. The van der Waals surface area contributed by atoms with Crippen LogP contribution >= 0.6 is 0 Å². The first kappa shape index (κ1) is 16.0. The molecule has 5 heteroatoms. The maximum Gasteiger partial charge on any atom is 0.341 e. The minimum atomic E-state index is -1.71. The second kappa shape index (κ2) is 6.96. The summed E-state index contributed by atoms with van der Waals surface area (Å²) in [7, 11) is 2.74. The van der Waals surface area contributed by atoms with E-state index in [1.165, 1.54) is 21.1 Å². The molecule has 1 unspecified atom stereocenters. The van der Waals surface area contributed by atoms with E-state index in [2.05, 4.69) is 4.74 Å². The third kappa shape index (κ3) is 3.99. The number of rotatable bonds is 6. The van der Waals surface area contributed by atoms with E-state index in [1.54, 1.807) is 6.07 Å². The van der Waals surface area contributed by atoms with E-state index in [1.807, 2.05) is 31.2 Å². The van der Waals surface area contributed by atoms with Crippen molar-refractivity contribution in [3.8, 4) is 11.5 Å². The first-order valence-electron chi connectivity index (χ1n) is 6.19. The number of carbonyl (C=O) groups excluding carboxylic acids is 1. The topological polar surface area (TPSA) is 65.0 Å². The zero-order chi connectivity index (χ0) is 15.2. The molecule has 0 fully saturated rings. The van der Waals surface area contributed by atoms with Crippen LogP contribution in [0.4, 0.5) is 0 Å². The Hall–Kier alpha value is -2.01. The van der Waals surface area contributed by atoms with Gasteiger partial charge in [0.05, 0.1) is 14.2 Å². The normalized spacial score (nSPS) is 13.8. The Morgan fingerprint density at radius 1 is 1.35 bits per heavy atom. The van der Waals surface area contributed by atoms with Gasteiger partial charge in [0.15, 0.2) is 17.1 Å². The predicted octanol–water partition coefficient (Wildman–Crippen LogP) is 2.03. The van der Waals surface area contributed by atoms with E-state index in [0.717, 1.165) is 5.56 Å².